The Morgan fingerprint density at radius 1 is 1.08 bits per heavy atom. The van der Waals surface area contributed by atoms with Crippen molar-refractivity contribution >= 4 is 21.5 Å². The van der Waals surface area contributed by atoms with E-state index < -0.39 is 43.3 Å². The predicted octanol–water partition coefficient (Wildman–Crippen LogP) is 3.96. The van der Waals surface area contributed by atoms with Crippen LogP contribution in [0.1, 0.15) is 40.9 Å². The Hall–Kier alpha value is -3.30. The molecule has 3 heterocycles. The number of hydrogen-bond acceptors (Lipinski definition) is 9. The van der Waals surface area contributed by atoms with Gasteiger partial charge in [-0.3, -0.25) is 19.6 Å². The van der Waals surface area contributed by atoms with Crippen LogP contribution in [0.25, 0.3) is 0 Å². The van der Waals surface area contributed by atoms with Crippen molar-refractivity contribution in [3.63, 3.8) is 0 Å². The van der Waals surface area contributed by atoms with Crippen molar-refractivity contribution in [3.05, 3.63) is 70.8 Å². The van der Waals surface area contributed by atoms with Gasteiger partial charge < -0.3 is 19.5 Å². The van der Waals surface area contributed by atoms with E-state index in [1.165, 1.54) is 24.0 Å². The van der Waals surface area contributed by atoms with Crippen molar-refractivity contribution in [2.24, 2.45) is 4.99 Å². The number of amides is 1. The van der Waals surface area contributed by atoms with E-state index in [2.05, 4.69) is 14.8 Å². The van der Waals surface area contributed by atoms with Crippen LogP contribution in [0.3, 0.4) is 0 Å². The highest BCUT2D eigenvalue weighted by Crippen LogP contribution is 2.37. The molecule has 262 valence electrons. The molecule has 2 fully saturated rings. The molecule has 10 nitrogen and oxygen atoms in total. The zero-order chi connectivity index (χ0) is 34.9. The Bertz CT molecular complexity index is 1680. The molecule has 2 saturated heterocycles. The van der Waals surface area contributed by atoms with E-state index in [1.54, 1.807) is 33.1 Å². The zero-order valence-electron chi connectivity index (χ0n) is 27.7. The number of morpholine rings is 1. The van der Waals surface area contributed by atoms with E-state index >= 15 is 0 Å². The van der Waals surface area contributed by atoms with E-state index in [0.717, 1.165) is 37.3 Å². The molecule has 2 aromatic carbocycles. The third-order valence-electron chi connectivity index (χ3n) is 9.25. The average molecular weight is 693 g/mol. The monoisotopic (exact) mass is 692 g/mol. The quantitative estimate of drug-likeness (QED) is 0.399. The lowest BCUT2D eigenvalue weighted by Gasteiger charge is -2.43. The van der Waals surface area contributed by atoms with E-state index in [1.807, 2.05) is 6.07 Å². The Morgan fingerprint density at radius 2 is 1.81 bits per heavy atom. The van der Waals surface area contributed by atoms with Gasteiger partial charge in [-0.25, -0.2) is 8.42 Å². The van der Waals surface area contributed by atoms with Crippen molar-refractivity contribution in [1.82, 2.24) is 14.7 Å². The summed E-state index contributed by atoms with van der Waals surface area (Å²) in [4.78, 5) is 22.0. The maximum absolute atomic E-state index is 14.2. The normalized spacial score (nSPS) is 24.2. The Morgan fingerprint density at radius 3 is 2.46 bits per heavy atom. The summed E-state index contributed by atoms with van der Waals surface area (Å²) < 4.78 is 80.9. The van der Waals surface area contributed by atoms with E-state index in [4.69, 9.17) is 9.47 Å². The molecule has 3 aliphatic rings. The summed E-state index contributed by atoms with van der Waals surface area (Å²) in [5, 5.41) is 10.4. The van der Waals surface area contributed by atoms with Gasteiger partial charge in [-0.05, 0) is 74.7 Å². The highest BCUT2D eigenvalue weighted by atomic mass is 32.2. The Balaban J connectivity index is 1.43. The van der Waals surface area contributed by atoms with Crippen LogP contribution < -0.4 is 0 Å². The number of allylic oxidation sites excluding steroid dienone is 1. The molecule has 5 rings (SSSR count). The number of phenolic OH excluding ortho intramolecular Hbond substituents is 1. The minimum absolute atomic E-state index is 0.00976. The minimum Gasteiger partial charge on any atom is -0.508 e. The van der Waals surface area contributed by atoms with E-state index in [9.17, 15) is 31.5 Å². The number of aliphatic imine (C=N–C) groups is 1. The topological polar surface area (TPSA) is 112 Å². The predicted molar refractivity (Wildman–Crippen MR) is 175 cm³/mol. The number of methoxy groups -OCH3 is 1. The van der Waals surface area contributed by atoms with Crippen molar-refractivity contribution in [3.8, 4) is 5.75 Å². The summed E-state index contributed by atoms with van der Waals surface area (Å²) in [6.45, 7) is 9.92. The van der Waals surface area contributed by atoms with Crippen molar-refractivity contribution in [2.45, 2.75) is 55.3 Å². The van der Waals surface area contributed by atoms with E-state index in [0.29, 0.717) is 56.6 Å². The number of halogens is 3. The summed E-state index contributed by atoms with van der Waals surface area (Å²) in [5.41, 5.74) is 0.291. The number of phenols is 1. The summed E-state index contributed by atoms with van der Waals surface area (Å²) in [6, 6.07) is 7.13. The fourth-order valence-electron chi connectivity index (χ4n) is 6.47. The van der Waals surface area contributed by atoms with E-state index in [-0.39, 0.29) is 24.0 Å². The number of hydrogen-bond donors (Lipinski definition) is 1. The van der Waals surface area contributed by atoms with Gasteiger partial charge in [0.05, 0.1) is 29.8 Å². The number of aromatic hydroxyl groups is 1. The Labute approximate surface area is 279 Å². The summed E-state index contributed by atoms with van der Waals surface area (Å²) >= 11 is 0. The molecule has 0 bridgehead atoms. The van der Waals surface area contributed by atoms with Crippen LogP contribution in [0.5, 0.6) is 5.75 Å². The van der Waals surface area contributed by atoms with Gasteiger partial charge >= 0.3 is 6.18 Å². The molecule has 3 atom stereocenters. The third kappa shape index (κ3) is 7.94. The second-order valence-electron chi connectivity index (χ2n) is 12.9. The molecule has 0 radical (unpaired) electrons. The van der Waals surface area contributed by atoms with Crippen LogP contribution in [0.2, 0.25) is 0 Å². The molecule has 3 aliphatic heterocycles. The van der Waals surface area contributed by atoms with Crippen LogP contribution in [0, 0.1) is 6.92 Å². The molecule has 1 unspecified atom stereocenters. The third-order valence-corrected chi connectivity index (χ3v) is 11.4. The molecular formula is C34H43F3N4O6S. The van der Waals surface area contributed by atoms with Crippen LogP contribution >= 0.6 is 0 Å². The zero-order valence-corrected chi connectivity index (χ0v) is 28.5. The van der Waals surface area contributed by atoms with Gasteiger partial charge in [0, 0.05) is 70.2 Å². The Kier molecular flexibility index (Phi) is 10.7. The van der Waals surface area contributed by atoms with Gasteiger partial charge in [0.15, 0.2) is 4.87 Å². The minimum atomic E-state index is -4.90. The highest BCUT2D eigenvalue weighted by molar-refractivity contribution is 7.93. The number of piperazine rings is 1. The SMILES string of the molecule is COC[C@@H]1CN(CCN2CCN(C(=O)c3cc(C(F)(F)F)cc(S(=O)(=O)C4(C)C=CC(C)=N4)c3)[C@H](Cc3ccc(C)c(O)c3)C2)CCO1. The average Bonchev–Trinajstić information content (AvgIpc) is 3.41. The standard InChI is InChI=1S/C34H43F3N4O6S/c1-23-5-6-25(16-31(23)42)15-28-20-39(9-10-40-13-14-47-29(21-40)22-46-4)11-12-41(28)32(43)26-17-27(34(35,36)37)19-30(18-26)48(44,45)33(3)8-7-24(2)38-33/h5-8,16-19,28-29,42H,9-15,20-22H2,1-4H3/t28-,29+,33?/m1/s1. The van der Waals surface area contributed by atoms with Crippen LogP contribution in [0.4, 0.5) is 13.2 Å². The number of rotatable bonds is 10. The second kappa shape index (κ2) is 14.3. The number of nitrogens with zero attached hydrogens (tertiary/aromatic N) is 4. The molecule has 1 amide bonds. The maximum atomic E-state index is 14.2. The maximum Gasteiger partial charge on any atom is 0.416 e. The van der Waals surface area contributed by atoms with Crippen LogP contribution in [0.15, 0.2) is 58.4 Å². The molecule has 0 saturated carbocycles. The summed E-state index contributed by atoms with van der Waals surface area (Å²) in [7, 11) is -2.81. The first-order chi connectivity index (χ1) is 22.6. The number of carbonyl (C=O) groups excluding carboxylic acids is 1. The van der Waals surface area contributed by atoms with Crippen molar-refractivity contribution in [2.75, 3.05) is 66.1 Å². The van der Waals surface area contributed by atoms with Gasteiger partial charge in [-0.2, -0.15) is 13.2 Å². The molecule has 48 heavy (non-hydrogen) atoms. The van der Waals surface area contributed by atoms with Gasteiger partial charge in [0.1, 0.15) is 5.75 Å². The fourth-order valence-corrected chi connectivity index (χ4v) is 8.02. The highest BCUT2D eigenvalue weighted by Gasteiger charge is 2.43. The first-order valence-electron chi connectivity index (χ1n) is 16.0. The lowest BCUT2D eigenvalue weighted by molar-refractivity contribution is -0.137. The molecular weight excluding hydrogens is 649 g/mol. The number of aryl methyl sites for hydroxylation is 1. The molecule has 0 aromatic heterocycles. The number of sulfone groups is 1. The molecule has 0 spiro atoms. The van der Waals surface area contributed by atoms with Gasteiger partial charge in [-0.15, -0.1) is 0 Å². The number of alkyl halides is 3. The summed E-state index contributed by atoms with van der Waals surface area (Å²) in [6.07, 6.45) is -1.73. The van der Waals surface area contributed by atoms with Gasteiger partial charge in [0.25, 0.3) is 5.91 Å². The van der Waals surface area contributed by atoms with Gasteiger partial charge in [0.2, 0.25) is 9.84 Å². The molecule has 14 heteroatoms. The molecule has 1 N–H and O–H groups in total. The number of carbonyl (C=O) groups is 1. The molecule has 2 aromatic rings. The van der Waals surface area contributed by atoms with Gasteiger partial charge in [-0.1, -0.05) is 12.1 Å². The van der Waals surface area contributed by atoms with Crippen LogP contribution in [-0.4, -0.2) is 123 Å². The first-order valence-corrected chi connectivity index (χ1v) is 17.5. The lowest BCUT2D eigenvalue weighted by atomic mass is 9.99. The largest absolute Gasteiger partial charge is 0.508 e. The summed E-state index contributed by atoms with van der Waals surface area (Å²) in [5.74, 6) is -0.586. The second-order valence-corrected chi connectivity index (χ2v) is 15.2. The smallest absolute Gasteiger partial charge is 0.416 e. The number of ether oxygens (including phenoxy) is 2. The fraction of sp³-hybridized carbons (Fsp3) is 0.529. The van der Waals surface area contributed by atoms with Crippen LogP contribution in [-0.2, 0) is 31.9 Å². The lowest BCUT2D eigenvalue weighted by Crippen LogP contribution is -2.57. The first kappa shape index (κ1) is 36.0. The molecule has 0 aliphatic carbocycles. The van der Waals surface area contributed by atoms with Crippen molar-refractivity contribution in [1.29, 1.82) is 0 Å². The van der Waals surface area contributed by atoms with Crippen molar-refractivity contribution < 1.29 is 41.0 Å². The number of benzene rings is 2.